The Labute approximate surface area is 175 Å². The molecule has 30 heavy (non-hydrogen) atoms. The first-order valence-corrected chi connectivity index (χ1v) is 9.97. The van der Waals surface area contributed by atoms with Gasteiger partial charge in [-0.05, 0) is 29.7 Å². The number of benzene rings is 2. The number of rotatable bonds is 7. The van der Waals surface area contributed by atoms with E-state index < -0.39 is 0 Å². The summed E-state index contributed by atoms with van der Waals surface area (Å²) in [6, 6.07) is 15.7. The average Bonchev–Trinajstić information content (AvgIpc) is 3.41. The number of aromatic nitrogens is 2. The third kappa shape index (κ3) is 4.01. The second kappa shape index (κ2) is 8.57. The van der Waals surface area contributed by atoms with Crippen molar-refractivity contribution in [1.29, 1.82) is 0 Å². The third-order valence-corrected chi connectivity index (χ3v) is 5.51. The van der Waals surface area contributed by atoms with E-state index in [1.54, 1.807) is 26.4 Å². The predicted octanol–water partition coefficient (Wildman–Crippen LogP) is 3.87. The van der Waals surface area contributed by atoms with Crippen molar-refractivity contribution in [1.82, 2.24) is 15.0 Å². The molecule has 2 atom stereocenters. The SMILES string of the molecule is COc1ccc(-c2noc(C3CC(=O)N(CC(C)c4ccccc4)C3)n2)cc1OC. The maximum absolute atomic E-state index is 12.6. The van der Waals surface area contributed by atoms with E-state index in [1.807, 2.05) is 29.2 Å². The molecule has 1 aliphatic rings. The molecule has 0 spiro atoms. The first kappa shape index (κ1) is 19.9. The van der Waals surface area contributed by atoms with E-state index in [2.05, 4.69) is 29.2 Å². The highest BCUT2D eigenvalue weighted by molar-refractivity contribution is 5.79. The molecule has 2 unspecified atom stereocenters. The van der Waals surface area contributed by atoms with Gasteiger partial charge in [0.05, 0.1) is 20.1 Å². The highest BCUT2D eigenvalue weighted by atomic mass is 16.5. The Morgan fingerprint density at radius 2 is 1.90 bits per heavy atom. The lowest BCUT2D eigenvalue weighted by Crippen LogP contribution is -2.29. The van der Waals surface area contributed by atoms with Crippen molar-refractivity contribution in [3.8, 4) is 22.9 Å². The van der Waals surface area contributed by atoms with Crippen molar-refractivity contribution in [2.75, 3.05) is 27.3 Å². The predicted molar refractivity (Wildman–Crippen MR) is 112 cm³/mol. The lowest BCUT2D eigenvalue weighted by atomic mass is 10.0. The van der Waals surface area contributed by atoms with Crippen molar-refractivity contribution in [3.05, 3.63) is 60.0 Å². The summed E-state index contributed by atoms with van der Waals surface area (Å²) in [7, 11) is 3.17. The number of ether oxygens (including phenoxy) is 2. The Morgan fingerprint density at radius 1 is 1.13 bits per heavy atom. The van der Waals surface area contributed by atoms with Gasteiger partial charge in [-0.15, -0.1) is 0 Å². The summed E-state index contributed by atoms with van der Waals surface area (Å²) in [5.74, 6) is 2.47. The van der Waals surface area contributed by atoms with Crippen LogP contribution in [0.15, 0.2) is 53.1 Å². The Morgan fingerprint density at radius 3 is 2.63 bits per heavy atom. The molecule has 156 valence electrons. The Hall–Kier alpha value is -3.35. The molecule has 2 aromatic carbocycles. The lowest BCUT2D eigenvalue weighted by molar-refractivity contribution is -0.127. The molecule has 0 radical (unpaired) electrons. The summed E-state index contributed by atoms with van der Waals surface area (Å²) < 4.78 is 16.1. The largest absolute Gasteiger partial charge is 0.493 e. The van der Waals surface area contributed by atoms with Crippen molar-refractivity contribution >= 4 is 5.91 Å². The number of carbonyl (C=O) groups is 1. The fourth-order valence-corrected chi connectivity index (χ4v) is 3.83. The monoisotopic (exact) mass is 407 g/mol. The summed E-state index contributed by atoms with van der Waals surface area (Å²) in [5, 5.41) is 4.11. The van der Waals surface area contributed by atoms with Crippen LogP contribution in [-0.2, 0) is 4.79 Å². The molecule has 0 saturated carbocycles. The summed E-state index contributed by atoms with van der Waals surface area (Å²) in [5.41, 5.74) is 1.99. The lowest BCUT2D eigenvalue weighted by Gasteiger charge is -2.21. The van der Waals surface area contributed by atoms with E-state index in [0.29, 0.717) is 42.7 Å². The minimum absolute atomic E-state index is 0.0955. The zero-order valence-electron chi connectivity index (χ0n) is 17.4. The molecule has 0 bridgehead atoms. The molecule has 0 N–H and O–H groups in total. The van der Waals surface area contributed by atoms with Crippen LogP contribution >= 0.6 is 0 Å². The van der Waals surface area contributed by atoms with Gasteiger partial charge in [0, 0.05) is 25.1 Å². The maximum Gasteiger partial charge on any atom is 0.232 e. The van der Waals surface area contributed by atoms with Crippen molar-refractivity contribution in [2.45, 2.75) is 25.2 Å². The zero-order valence-corrected chi connectivity index (χ0v) is 17.4. The van der Waals surface area contributed by atoms with Gasteiger partial charge in [-0.1, -0.05) is 42.4 Å². The normalized spacial score (nSPS) is 17.2. The molecule has 7 nitrogen and oxygen atoms in total. The first-order valence-electron chi connectivity index (χ1n) is 9.97. The van der Waals surface area contributed by atoms with Crippen LogP contribution in [0.25, 0.3) is 11.4 Å². The molecule has 1 saturated heterocycles. The molecule has 1 fully saturated rings. The number of carbonyl (C=O) groups excluding carboxylic acids is 1. The molecular weight excluding hydrogens is 382 g/mol. The van der Waals surface area contributed by atoms with Crippen LogP contribution in [0, 0.1) is 0 Å². The Balaban J connectivity index is 1.46. The van der Waals surface area contributed by atoms with Crippen LogP contribution in [0.1, 0.15) is 36.6 Å². The number of hydrogen-bond donors (Lipinski definition) is 0. The van der Waals surface area contributed by atoms with E-state index in [1.165, 1.54) is 5.56 Å². The van der Waals surface area contributed by atoms with E-state index in [9.17, 15) is 4.79 Å². The van der Waals surface area contributed by atoms with E-state index >= 15 is 0 Å². The minimum Gasteiger partial charge on any atom is -0.493 e. The van der Waals surface area contributed by atoms with Crippen LogP contribution in [0.4, 0.5) is 0 Å². The number of amides is 1. The summed E-state index contributed by atoms with van der Waals surface area (Å²) in [6.07, 6.45) is 0.384. The van der Waals surface area contributed by atoms with Gasteiger partial charge in [-0.25, -0.2) is 0 Å². The highest BCUT2D eigenvalue weighted by Crippen LogP contribution is 2.33. The standard InChI is InChI=1S/C23H25N3O4/c1-15(16-7-5-4-6-8-16)13-26-14-18(12-21(26)27)23-24-22(25-30-23)17-9-10-19(28-2)20(11-17)29-3/h4-11,15,18H,12-14H2,1-3H3. The maximum atomic E-state index is 12.6. The zero-order chi connectivity index (χ0) is 21.1. The summed E-state index contributed by atoms with van der Waals surface area (Å²) in [6.45, 7) is 3.40. The molecule has 0 aliphatic carbocycles. The molecule has 1 aromatic heterocycles. The van der Waals surface area contributed by atoms with Crippen LogP contribution < -0.4 is 9.47 Å². The average molecular weight is 407 g/mol. The van der Waals surface area contributed by atoms with Crippen molar-refractivity contribution < 1.29 is 18.8 Å². The number of likely N-dealkylation sites (tertiary alicyclic amines) is 1. The fourth-order valence-electron chi connectivity index (χ4n) is 3.83. The van der Waals surface area contributed by atoms with Gasteiger partial charge in [-0.3, -0.25) is 4.79 Å². The first-order chi connectivity index (χ1) is 14.6. The highest BCUT2D eigenvalue weighted by Gasteiger charge is 2.35. The van der Waals surface area contributed by atoms with Gasteiger partial charge in [0.2, 0.25) is 17.6 Å². The Bertz CT molecular complexity index is 1020. The minimum atomic E-state index is -0.0955. The quantitative estimate of drug-likeness (QED) is 0.592. The molecular formula is C23H25N3O4. The number of nitrogens with zero attached hydrogens (tertiary/aromatic N) is 3. The van der Waals surface area contributed by atoms with E-state index in [4.69, 9.17) is 14.0 Å². The van der Waals surface area contributed by atoms with E-state index in [-0.39, 0.29) is 17.7 Å². The van der Waals surface area contributed by atoms with Crippen molar-refractivity contribution in [3.63, 3.8) is 0 Å². The molecule has 3 aromatic rings. The van der Waals surface area contributed by atoms with Gasteiger partial charge in [-0.2, -0.15) is 4.98 Å². The topological polar surface area (TPSA) is 77.7 Å². The van der Waals surface area contributed by atoms with Gasteiger partial charge >= 0.3 is 0 Å². The Kier molecular flexibility index (Phi) is 5.70. The van der Waals surface area contributed by atoms with Crippen LogP contribution in [-0.4, -0.2) is 48.3 Å². The van der Waals surface area contributed by atoms with Crippen LogP contribution in [0.2, 0.25) is 0 Å². The number of hydrogen-bond acceptors (Lipinski definition) is 6. The molecule has 2 heterocycles. The molecule has 7 heteroatoms. The molecule has 4 rings (SSSR count). The van der Waals surface area contributed by atoms with Gasteiger partial charge in [0.15, 0.2) is 11.5 Å². The van der Waals surface area contributed by atoms with Crippen molar-refractivity contribution in [2.24, 2.45) is 0 Å². The smallest absolute Gasteiger partial charge is 0.232 e. The number of methoxy groups -OCH3 is 2. The third-order valence-electron chi connectivity index (χ3n) is 5.51. The second-order valence-electron chi connectivity index (χ2n) is 7.54. The van der Waals surface area contributed by atoms with Gasteiger partial charge < -0.3 is 18.9 Å². The summed E-state index contributed by atoms with van der Waals surface area (Å²) in [4.78, 5) is 19.0. The van der Waals surface area contributed by atoms with E-state index in [0.717, 1.165) is 5.56 Å². The summed E-state index contributed by atoms with van der Waals surface area (Å²) >= 11 is 0. The van der Waals surface area contributed by atoms with Gasteiger partial charge in [0.25, 0.3) is 0 Å². The van der Waals surface area contributed by atoms with Crippen LogP contribution in [0.3, 0.4) is 0 Å². The van der Waals surface area contributed by atoms with Gasteiger partial charge in [0.1, 0.15) is 0 Å². The molecule has 1 amide bonds. The van der Waals surface area contributed by atoms with Crippen LogP contribution in [0.5, 0.6) is 11.5 Å². The molecule has 1 aliphatic heterocycles. The fraction of sp³-hybridized carbons (Fsp3) is 0.348. The second-order valence-corrected chi connectivity index (χ2v) is 7.54.